The molecule has 0 aliphatic heterocycles. The average molecular weight is 504 g/mol. The van der Waals surface area contributed by atoms with Gasteiger partial charge in [-0.05, 0) is 30.8 Å². The van der Waals surface area contributed by atoms with Crippen molar-refractivity contribution in [1.29, 1.82) is 0 Å². The summed E-state index contributed by atoms with van der Waals surface area (Å²) in [6.45, 7) is 0.962. The summed E-state index contributed by atoms with van der Waals surface area (Å²) in [5.41, 5.74) is 2.35. The molecule has 0 spiro atoms. The molecule has 10 heteroatoms. The molecule has 6 nitrogen and oxygen atoms in total. The number of aromatic nitrogens is 2. The van der Waals surface area contributed by atoms with E-state index in [0.717, 1.165) is 16.7 Å². The molecule has 4 aromatic rings. The van der Waals surface area contributed by atoms with Gasteiger partial charge < -0.3 is 19.3 Å². The van der Waals surface area contributed by atoms with Crippen LogP contribution < -0.4 is 4.74 Å². The number of hydrogen-bond acceptors (Lipinski definition) is 5. The molecular formula is C25H24F3N3O3S. The van der Waals surface area contributed by atoms with Crippen LogP contribution in [-0.2, 0) is 31.2 Å². The van der Waals surface area contributed by atoms with Crippen molar-refractivity contribution in [2.24, 2.45) is 7.05 Å². The number of rotatable bonds is 9. The number of halogens is 3. The van der Waals surface area contributed by atoms with Crippen molar-refractivity contribution in [2.45, 2.75) is 25.7 Å². The lowest BCUT2D eigenvalue weighted by Gasteiger charge is -2.15. The minimum Gasteiger partial charge on any atom is -0.486 e. The molecule has 1 aromatic carbocycles. The molecule has 0 amide bonds. The van der Waals surface area contributed by atoms with Crippen molar-refractivity contribution >= 4 is 28.3 Å². The van der Waals surface area contributed by atoms with E-state index >= 15 is 0 Å². The number of carboxylic acid groups (broad SMARTS) is 1. The number of nitrogens with zero attached hydrogens (tertiary/aromatic N) is 3. The third kappa shape index (κ3) is 5.83. The fourth-order valence-electron chi connectivity index (χ4n) is 3.84. The molecule has 0 bridgehead atoms. The second kappa shape index (κ2) is 10.1. The van der Waals surface area contributed by atoms with E-state index in [1.807, 2.05) is 29.6 Å². The average Bonchev–Trinajstić information content (AvgIpc) is 3.38. The topological polar surface area (TPSA) is 67.6 Å². The van der Waals surface area contributed by atoms with Crippen molar-refractivity contribution in [3.63, 3.8) is 0 Å². The Morgan fingerprint density at radius 3 is 2.63 bits per heavy atom. The van der Waals surface area contributed by atoms with Gasteiger partial charge in [0.15, 0.2) is 0 Å². The summed E-state index contributed by atoms with van der Waals surface area (Å²) in [5.74, 6) is -0.390. The largest absolute Gasteiger partial charge is 0.486 e. The van der Waals surface area contributed by atoms with Gasteiger partial charge in [-0.1, -0.05) is 30.3 Å². The van der Waals surface area contributed by atoms with Gasteiger partial charge in [-0.3, -0.25) is 4.79 Å². The van der Waals surface area contributed by atoms with Crippen LogP contribution in [0.25, 0.3) is 22.2 Å². The predicted octanol–water partition coefficient (Wildman–Crippen LogP) is 5.81. The number of pyridine rings is 1. The normalized spacial score (nSPS) is 11.9. The Balaban J connectivity index is 1.50. The highest BCUT2D eigenvalue weighted by atomic mass is 32.1. The third-order valence-corrected chi connectivity index (χ3v) is 6.74. The lowest BCUT2D eigenvalue weighted by Crippen LogP contribution is -2.22. The number of benzene rings is 1. The highest BCUT2D eigenvalue weighted by Gasteiger charge is 2.36. The number of ether oxygens (including phenoxy) is 1. The first-order valence-corrected chi connectivity index (χ1v) is 11.7. The minimum absolute atomic E-state index is 0.00855. The van der Waals surface area contributed by atoms with Gasteiger partial charge in [-0.2, -0.15) is 13.2 Å². The molecule has 0 aliphatic carbocycles. The second-order valence-corrected chi connectivity index (χ2v) is 9.40. The molecule has 1 N–H and O–H groups in total. The van der Waals surface area contributed by atoms with Crippen LogP contribution in [0.2, 0.25) is 0 Å². The van der Waals surface area contributed by atoms with E-state index in [1.54, 1.807) is 42.6 Å². The molecule has 0 saturated carbocycles. The molecule has 0 fully saturated rings. The monoisotopic (exact) mass is 503 g/mol. The van der Waals surface area contributed by atoms with Gasteiger partial charge in [0.1, 0.15) is 22.9 Å². The fourth-order valence-corrected chi connectivity index (χ4v) is 4.80. The van der Waals surface area contributed by atoms with Crippen molar-refractivity contribution in [3.05, 3.63) is 70.2 Å². The maximum absolute atomic E-state index is 13.6. The lowest BCUT2D eigenvalue weighted by molar-refractivity contribution is -0.137. The smallest absolute Gasteiger partial charge is 0.426 e. The number of carbonyl (C=O) groups is 1. The standard InChI is InChI=1S/C25H24F3N3O3S/c1-30(9-8-22(32)33)14-18-10-17-11-19(13-29-24(17)31(18)2)34-15-20-12-21(16-6-4-3-5-7-16)23(35-20)25(26,27)28/h3-7,10-13H,8-9,14-15H2,1-2H3,(H,32,33). The molecule has 3 aromatic heterocycles. The Kier molecular flexibility index (Phi) is 7.13. The van der Waals surface area contributed by atoms with Crippen LogP contribution in [0.3, 0.4) is 0 Å². The zero-order valence-corrected chi connectivity index (χ0v) is 20.0. The molecule has 0 unspecified atom stereocenters. The van der Waals surface area contributed by atoms with Gasteiger partial charge in [0, 0.05) is 41.7 Å². The van der Waals surface area contributed by atoms with Crippen LogP contribution >= 0.6 is 11.3 Å². The summed E-state index contributed by atoms with van der Waals surface area (Å²) in [6.07, 6.45) is -2.84. The molecular weight excluding hydrogens is 479 g/mol. The van der Waals surface area contributed by atoms with Gasteiger partial charge in [0.05, 0.1) is 12.6 Å². The van der Waals surface area contributed by atoms with E-state index in [0.29, 0.717) is 40.6 Å². The summed E-state index contributed by atoms with van der Waals surface area (Å²) in [4.78, 5) is 17.0. The van der Waals surface area contributed by atoms with Crippen LogP contribution in [0, 0.1) is 0 Å². The first-order chi connectivity index (χ1) is 16.6. The first kappa shape index (κ1) is 24.7. The Hall–Kier alpha value is -3.37. The number of alkyl halides is 3. The molecule has 184 valence electrons. The van der Waals surface area contributed by atoms with Crippen molar-refractivity contribution in [3.8, 4) is 16.9 Å². The second-order valence-electron chi connectivity index (χ2n) is 8.27. The van der Waals surface area contributed by atoms with E-state index in [1.165, 1.54) is 6.07 Å². The predicted molar refractivity (Wildman–Crippen MR) is 128 cm³/mol. The Labute approximate surface area is 204 Å². The number of carboxylic acids is 1. The Morgan fingerprint density at radius 1 is 1.20 bits per heavy atom. The Bertz CT molecular complexity index is 1330. The van der Waals surface area contributed by atoms with E-state index < -0.39 is 17.0 Å². The lowest BCUT2D eigenvalue weighted by atomic mass is 10.1. The quantitative estimate of drug-likeness (QED) is 0.312. The fraction of sp³-hybridized carbons (Fsp3) is 0.280. The summed E-state index contributed by atoms with van der Waals surface area (Å²) < 4.78 is 48.6. The van der Waals surface area contributed by atoms with E-state index in [4.69, 9.17) is 9.84 Å². The molecule has 3 heterocycles. The third-order valence-electron chi connectivity index (χ3n) is 5.59. The van der Waals surface area contributed by atoms with Crippen molar-refractivity contribution in [2.75, 3.05) is 13.6 Å². The van der Waals surface area contributed by atoms with Gasteiger partial charge >= 0.3 is 12.1 Å². The maximum Gasteiger partial charge on any atom is 0.426 e. The van der Waals surface area contributed by atoms with Crippen LogP contribution in [0.15, 0.2) is 54.7 Å². The van der Waals surface area contributed by atoms with Crippen molar-refractivity contribution < 1.29 is 27.8 Å². The van der Waals surface area contributed by atoms with Crippen LogP contribution in [0.4, 0.5) is 13.2 Å². The SMILES string of the molecule is CN(CCC(=O)O)Cc1cc2cc(OCc3cc(-c4ccccc4)c(C(F)(F)F)s3)cnc2n1C. The van der Waals surface area contributed by atoms with Gasteiger partial charge in [-0.15, -0.1) is 11.3 Å². The summed E-state index contributed by atoms with van der Waals surface area (Å²) in [7, 11) is 3.73. The van der Waals surface area contributed by atoms with Gasteiger partial charge in [0.25, 0.3) is 0 Å². The molecule has 0 aliphatic rings. The maximum atomic E-state index is 13.6. The van der Waals surface area contributed by atoms with Crippen LogP contribution in [0.1, 0.15) is 21.9 Å². The minimum atomic E-state index is -4.45. The summed E-state index contributed by atoms with van der Waals surface area (Å²) in [6, 6.07) is 13.8. The highest BCUT2D eigenvalue weighted by Crippen LogP contribution is 2.43. The number of thiophene rings is 1. The van der Waals surface area contributed by atoms with Crippen LogP contribution in [0.5, 0.6) is 5.75 Å². The van der Waals surface area contributed by atoms with Crippen LogP contribution in [-0.4, -0.2) is 39.1 Å². The summed E-state index contributed by atoms with van der Waals surface area (Å²) >= 11 is 0.682. The first-order valence-electron chi connectivity index (χ1n) is 10.8. The number of aryl methyl sites for hydroxylation is 1. The van der Waals surface area contributed by atoms with E-state index in [9.17, 15) is 18.0 Å². The number of aliphatic carboxylic acids is 1. The summed E-state index contributed by atoms with van der Waals surface area (Å²) in [5, 5.41) is 9.70. The van der Waals surface area contributed by atoms with Gasteiger partial charge in [0.2, 0.25) is 0 Å². The van der Waals surface area contributed by atoms with E-state index in [2.05, 4.69) is 4.98 Å². The van der Waals surface area contributed by atoms with Gasteiger partial charge in [-0.25, -0.2) is 4.98 Å². The molecule has 4 rings (SSSR count). The van der Waals surface area contributed by atoms with E-state index in [-0.39, 0.29) is 18.6 Å². The van der Waals surface area contributed by atoms with Crippen molar-refractivity contribution in [1.82, 2.24) is 14.5 Å². The number of hydrogen-bond donors (Lipinski definition) is 1. The zero-order chi connectivity index (χ0) is 25.2. The zero-order valence-electron chi connectivity index (χ0n) is 19.2. The molecule has 0 saturated heterocycles. The highest BCUT2D eigenvalue weighted by molar-refractivity contribution is 7.12. The Morgan fingerprint density at radius 2 is 1.94 bits per heavy atom. The molecule has 35 heavy (non-hydrogen) atoms. The molecule has 0 radical (unpaired) electrons. The molecule has 0 atom stereocenters. The number of fused-ring (bicyclic) bond motifs is 1.